The highest BCUT2D eigenvalue weighted by Crippen LogP contribution is 2.32. The fourth-order valence-corrected chi connectivity index (χ4v) is 3.54. The van der Waals surface area contributed by atoms with Gasteiger partial charge in [-0.25, -0.2) is 0 Å². The van der Waals surface area contributed by atoms with Gasteiger partial charge in [-0.15, -0.1) is 0 Å². The molecule has 0 amide bonds. The maximum atomic E-state index is 11.1. The number of aliphatic carboxylic acids is 1. The average molecular weight is 384 g/mol. The van der Waals surface area contributed by atoms with Crippen molar-refractivity contribution in [1.29, 1.82) is 0 Å². The first-order valence-electron chi connectivity index (χ1n) is 9.77. The second kappa shape index (κ2) is 9.71. The lowest BCUT2D eigenvalue weighted by molar-refractivity contribution is -0.191. The number of carboxylic acid groups (broad SMARTS) is 1. The number of hydrogen-bond acceptors (Lipinski definition) is 4. The molecule has 0 spiro atoms. The third-order valence-electron chi connectivity index (χ3n) is 5.16. The molecular weight excluding hydrogens is 356 g/mol. The van der Waals surface area contributed by atoms with Crippen molar-refractivity contribution >= 4 is 5.97 Å². The van der Waals surface area contributed by atoms with Gasteiger partial charge >= 0.3 is 5.97 Å². The maximum Gasteiger partial charge on any atom is 0.303 e. The molecule has 28 heavy (non-hydrogen) atoms. The lowest BCUT2D eigenvalue weighted by Crippen LogP contribution is -2.31. The number of aryl methyl sites for hydroxylation is 2. The molecule has 0 aliphatic carbocycles. The van der Waals surface area contributed by atoms with Crippen LogP contribution in [0.3, 0.4) is 0 Å². The van der Waals surface area contributed by atoms with Crippen LogP contribution in [0.1, 0.15) is 47.4 Å². The molecule has 5 heteroatoms. The van der Waals surface area contributed by atoms with E-state index in [9.17, 15) is 4.79 Å². The topological polar surface area (TPSA) is 65.0 Å². The quantitative estimate of drug-likeness (QED) is 0.721. The molecule has 0 aromatic heterocycles. The third-order valence-corrected chi connectivity index (χ3v) is 5.16. The number of carboxylic acids is 1. The van der Waals surface area contributed by atoms with Crippen LogP contribution in [0.2, 0.25) is 0 Å². The molecule has 3 rings (SSSR count). The van der Waals surface area contributed by atoms with Crippen molar-refractivity contribution in [3.63, 3.8) is 0 Å². The molecule has 0 bridgehead atoms. The zero-order valence-electron chi connectivity index (χ0n) is 16.5. The number of rotatable bonds is 8. The van der Waals surface area contributed by atoms with Crippen molar-refractivity contribution in [2.75, 3.05) is 13.2 Å². The maximum absolute atomic E-state index is 11.1. The highest BCUT2D eigenvalue weighted by atomic mass is 16.7. The van der Waals surface area contributed by atoms with Crippen LogP contribution in [0.5, 0.6) is 5.75 Å². The molecule has 1 aliphatic rings. The summed E-state index contributed by atoms with van der Waals surface area (Å²) in [5.74, 6) is -0.195. The normalized spacial score (nSPS) is 15.9. The van der Waals surface area contributed by atoms with Gasteiger partial charge in [0.1, 0.15) is 12.4 Å². The molecule has 1 aliphatic heterocycles. The van der Waals surface area contributed by atoms with Crippen molar-refractivity contribution in [2.24, 2.45) is 0 Å². The van der Waals surface area contributed by atoms with Gasteiger partial charge in [0.05, 0.1) is 13.2 Å². The van der Waals surface area contributed by atoms with Gasteiger partial charge in [-0.3, -0.25) is 4.79 Å². The summed E-state index contributed by atoms with van der Waals surface area (Å²) >= 11 is 0. The molecule has 0 saturated carbocycles. The van der Waals surface area contributed by atoms with Gasteiger partial charge in [-0.1, -0.05) is 30.3 Å². The Morgan fingerprint density at radius 1 is 1.14 bits per heavy atom. The predicted octanol–water partition coefficient (Wildman–Crippen LogP) is 4.59. The zero-order valence-corrected chi connectivity index (χ0v) is 16.5. The highest BCUT2D eigenvalue weighted by Gasteiger charge is 2.28. The molecule has 150 valence electrons. The van der Waals surface area contributed by atoms with Crippen LogP contribution in [0.4, 0.5) is 0 Å². The molecule has 2 aromatic carbocycles. The fraction of sp³-hybridized carbons (Fsp3) is 0.435. The van der Waals surface area contributed by atoms with Gasteiger partial charge in [-0.2, -0.15) is 0 Å². The summed E-state index contributed by atoms with van der Waals surface area (Å²) in [6.45, 7) is 5.94. The first-order valence-corrected chi connectivity index (χ1v) is 9.77. The Labute approximate surface area is 166 Å². The van der Waals surface area contributed by atoms with E-state index in [1.807, 2.05) is 30.3 Å². The largest absolute Gasteiger partial charge is 0.489 e. The molecule has 1 atom stereocenters. The Bertz CT molecular complexity index is 775. The Morgan fingerprint density at radius 3 is 2.50 bits per heavy atom. The van der Waals surface area contributed by atoms with Crippen molar-refractivity contribution in [3.8, 4) is 5.75 Å². The molecule has 0 radical (unpaired) electrons. The van der Waals surface area contributed by atoms with E-state index in [1.54, 1.807) is 0 Å². The SMILES string of the molecule is Cc1cccc(C)c1COc1cccc(C(CCC(=O)O)C2OCCCO2)c1. The van der Waals surface area contributed by atoms with E-state index in [1.165, 1.54) is 16.7 Å². The Balaban J connectivity index is 1.75. The van der Waals surface area contributed by atoms with Crippen LogP contribution in [-0.4, -0.2) is 30.6 Å². The van der Waals surface area contributed by atoms with Gasteiger partial charge in [0.2, 0.25) is 0 Å². The molecule has 1 saturated heterocycles. The number of carbonyl (C=O) groups is 1. The molecule has 1 N–H and O–H groups in total. The second-order valence-electron chi connectivity index (χ2n) is 7.23. The monoisotopic (exact) mass is 384 g/mol. The van der Waals surface area contributed by atoms with Crippen LogP contribution in [0.25, 0.3) is 0 Å². The molecule has 1 heterocycles. The Hall–Kier alpha value is -2.37. The third kappa shape index (κ3) is 5.33. The summed E-state index contributed by atoms with van der Waals surface area (Å²) < 4.78 is 17.6. The summed E-state index contributed by atoms with van der Waals surface area (Å²) in [6.07, 6.45) is 0.977. The lowest BCUT2D eigenvalue weighted by atomic mass is 9.93. The molecule has 1 unspecified atom stereocenters. The minimum Gasteiger partial charge on any atom is -0.489 e. The van der Waals surface area contributed by atoms with Crippen molar-refractivity contribution in [1.82, 2.24) is 0 Å². The van der Waals surface area contributed by atoms with E-state index in [2.05, 4.69) is 26.0 Å². The summed E-state index contributed by atoms with van der Waals surface area (Å²) in [5, 5.41) is 9.12. The molecule has 5 nitrogen and oxygen atoms in total. The molecule has 1 fully saturated rings. The minimum absolute atomic E-state index is 0.0708. The predicted molar refractivity (Wildman–Crippen MR) is 107 cm³/mol. The Morgan fingerprint density at radius 2 is 1.82 bits per heavy atom. The van der Waals surface area contributed by atoms with Crippen molar-refractivity contribution < 1.29 is 24.1 Å². The van der Waals surface area contributed by atoms with Crippen LogP contribution >= 0.6 is 0 Å². The van der Waals surface area contributed by atoms with Gasteiger partial charge in [0.25, 0.3) is 0 Å². The van der Waals surface area contributed by atoms with Gasteiger partial charge in [0, 0.05) is 12.3 Å². The standard InChI is InChI=1S/C23H28O5/c1-16-6-3-7-17(2)21(16)15-28-19-9-4-8-18(14-19)20(10-11-22(24)25)23-26-12-5-13-27-23/h3-4,6-9,14,20,23H,5,10-13,15H2,1-2H3,(H,24,25). The number of benzene rings is 2. The second-order valence-corrected chi connectivity index (χ2v) is 7.23. The smallest absolute Gasteiger partial charge is 0.303 e. The highest BCUT2D eigenvalue weighted by molar-refractivity contribution is 5.66. The fourth-order valence-electron chi connectivity index (χ4n) is 3.54. The zero-order chi connectivity index (χ0) is 19.9. The van der Waals surface area contributed by atoms with E-state index in [0.717, 1.165) is 17.7 Å². The summed E-state index contributed by atoms with van der Waals surface area (Å²) in [7, 11) is 0. The van der Waals surface area contributed by atoms with Gasteiger partial charge in [-0.05, 0) is 61.1 Å². The average Bonchev–Trinajstić information content (AvgIpc) is 2.69. The number of ether oxygens (including phenoxy) is 3. The lowest BCUT2D eigenvalue weighted by Gasteiger charge is -2.30. The van der Waals surface area contributed by atoms with Crippen LogP contribution < -0.4 is 4.74 Å². The van der Waals surface area contributed by atoms with Gasteiger partial charge in [0.15, 0.2) is 6.29 Å². The van der Waals surface area contributed by atoms with E-state index in [4.69, 9.17) is 19.3 Å². The van der Waals surface area contributed by atoms with Crippen LogP contribution in [-0.2, 0) is 20.9 Å². The summed E-state index contributed by atoms with van der Waals surface area (Å²) in [4.78, 5) is 11.1. The van der Waals surface area contributed by atoms with E-state index in [-0.39, 0.29) is 12.3 Å². The Kier molecular flexibility index (Phi) is 7.06. The van der Waals surface area contributed by atoms with Crippen LogP contribution in [0.15, 0.2) is 42.5 Å². The molecular formula is C23H28O5. The first kappa shape index (κ1) is 20.4. The number of hydrogen-bond donors (Lipinski definition) is 1. The van der Waals surface area contributed by atoms with E-state index in [0.29, 0.717) is 26.2 Å². The van der Waals surface area contributed by atoms with Crippen molar-refractivity contribution in [2.45, 2.75) is 51.9 Å². The van der Waals surface area contributed by atoms with Crippen LogP contribution in [0, 0.1) is 13.8 Å². The first-order chi connectivity index (χ1) is 13.5. The summed E-state index contributed by atoms with van der Waals surface area (Å²) in [6, 6.07) is 14.0. The molecule has 2 aromatic rings. The van der Waals surface area contributed by atoms with E-state index < -0.39 is 12.3 Å². The van der Waals surface area contributed by atoms with E-state index >= 15 is 0 Å². The summed E-state index contributed by atoms with van der Waals surface area (Å²) in [5.41, 5.74) is 4.58. The van der Waals surface area contributed by atoms with Gasteiger partial charge < -0.3 is 19.3 Å². The van der Waals surface area contributed by atoms with Crippen molar-refractivity contribution in [3.05, 3.63) is 64.7 Å². The minimum atomic E-state index is -0.816.